The molecule has 1 heterocycles. The summed E-state index contributed by atoms with van der Waals surface area (Å²) in [4.78, 5) is 7.65. The van der Waals surface area contributed by atoms with Crippen molar-refractivity contribution in [1.82, 2.24) is 9.78 Å². The Hall–Kier alpha value is -1.12. The monoisotopic (exact) mass is 287 g/mol. The molecule has 1 rings (SSSR count). The maximum atomic E-state index is 12.1. The van der Waals surface area contributed by atoms with Crippen molar-refractivity contribution >= 4 is 21.7 Å². The summed E-state index contributed by atoms with van der Waals surface area (Å²) in [5, 5.41) is 13.5. The summed E-state index contributed by atoms with van der Waals surface area (Å²) in [6.45, 7) is -0.503. The number of aromatic nitrogens is 2. The quantitative estimate of drug-likeness (QED) is 0.486. The van der Waals surface area contributed by atoms with E-state index in [1.54, 1.807) is 0 Å². The van der Waals surface area contributed by atoms with Gasteiger partial charge in [0.1, 0.15) is 4.83 Å². The number of alkyl halides is 4. The molecule has 15 heavy (non-hydrogen) atoms. The lowest BCUT2D eigenvalue weighted by atomic mass is 10.4. The summed E-state index contributed by atoms with van der Waals surface area (Å²) in [5.41, 5.74) is 0. The largest absolute Gasteiger partial charge is 0.403 e. The van der Waals surface area contributed by atoms with Crippen LogP contribution in [0, 0.1) is 10.1 Å². The summed E-state index contributed by atoms with van der Waals surface area (Å²) in [5.74, 6) is -0.475. The van der Waals surface area contributed by atoms with Gasteiger partial charge in [-0.2, -0.15) is 17.9 Å². The first kappa shape index (κ1) is 12.0. The standard InChI is InChI=1S/C6H5BrF3N3O2/c7-4(6(8,9)10)3-12-2-1-5(11-12)13(14)15/h1-2,4H,3H2. The van der Waals surface area contributed by atoms with E-state index in [0.717, 1.165) is 16.9 Å². The third kappa shape index (κ3) is 3.18. The second kappa shape index (κ2) is 4.17. The minimum atomic E-state index is -4.40. The van der Waals surface area contributed by atoms with Crippen molar-refractivity contribution < 1.29 is 18.1 Å². The predicted molar refractivity (Wildman–Crippen MR) is 47.7 cm³/mol. The van der Waals surface area contributed by atoms with E-state index < -0.39 is 28.3 Å². The number of hydrogen-bond donors (Lipinski definition) is 0. The molecule has 0 fully saturated rings. The van der Waals surface area contributed by atoms with Gasteiger partial charge in [0, 0.05) is 0 Å². The number of rotatable bonds is 3. The van der Waals surface area contributed by atoms with Gasteiger partial charge in [0.2, 0.25) is 0 Å². The molecule has 0 aromatic carbocycles. The van der Waals surface area contributed by atoms with Crippen LogP contribution in [0.15, 0.2) is 12.3 Å². The zero-order valence-corrected chi connectivity index (χ0v) is 8.70. The van der Waals surface area contributed by atoms with Crippen LogP contribution >= 0.6 is 15.9 Å². The highest BCUT2D eigenvalue weighted by Gasteiger charge is 2.38. The highest BCUT2D eigenvalue weighted by molar-refractivity contribution is 9.09. The highest BCUT2D eigenvalue weighted by Crippen LogP contribution is 2.27. The SMILES string of the molecule is O=[N+]([O-])c1ccn(CC(Br)C(F)(F)F)n1. The Bertz CT molecular complexity index is 365. The zero-order valence-electron chi connectivity index (χ0n) is 7.11. The molecule has 84 valence electrons. The molecule has 0 aliphatic heterocycles. The second-order valence-corrected chi connectivity index (χ2v) is 3.77. The first-order valence-electron chi connectivity index (χ1n) is 3.69. The molecular formula is C6H5BrF3N3O2. The summed E-state index contributed by atoms with van der Waals surface area (Å²) in [6, 6.07) is 1.04. The fourth-order valence-electron chi connectivity index (χ4n) is 0.818. The Labute approximate surface area is 90.2 Å². The summed E-state index contributed by atoms with van der Waals surface area (Å²) >= 11 is 2.43. The molecule has 1 unspecified atom stereocenters. The summed E-state index contributed by atoms with van der Waals surface area (Å²) in [7, 11) is 0. The van der Waals surface area contributed by atoms with Crippen LogP contribution in [0.4, 0.5) is 19.0 Å². The molecule has 1 aromatic heterocycles. The van der Waals surface area contributed by atoms with Crippen LogP contribution in [0.1, 0.15) is 0 Å². The fraction of sp³-hybridized carbons (Fsp3) is 0.500. The van der Waals surface area contributed by atoms with E-state index in [9.17, 15) is 23.3 Å². The molecule has 0 spiro atoms. The zero-order chi connectivity index (χ0) is 11.6. The lowest BCUT2D eigenvalue weighted by molar-refractivity contribution is -0.389. The maximum absolute atomic E-state index is 12.1. The Morgan fingerprint density at radius 2 is 2.27 bits per heavy atom. The van der Waals surface area contributed by atoms with Gasteiger partial charge in [-0.15, -0.1) is 0 Å². The number of nitrogens with zero attached hydrogens (tertiary/aromatic N) is 3. The van der Waals surface area contributed by atoms with Gasteiger partial charge in [0.25, 0.3) is 0 Å². The first-order valence-corrected chi connectivity index (χ1v) is 4.61. The van der Waals surface area contributed by atoms with Gasteiger partial charge in [-0.05, 0) is 4.92 Å². The van der Waals surface area contributed by atoms with Gasteiger partial charge in [0.15, 0.2) is 0 Å². The molecule has 0 amide bonds. The van der Waals surface area contributed by atoms with Gasteiger partial charge in [-0.3, -0.25) is 0 Å². The molecule has 5 nitrogen and oxygen atoms in total. The minimum absolute atomic E-state index is 0.475. The van der Waals surface area contributed by atoms with Crippen LogP contribution in [0.3, 0.4) is 0 Å². The number of nitro groups is 1. The van der Waals surface area contributed by atoms with Crippen LogP contribution in [0.25, 0.3) is 0 Å². The van der Waals surface area contributed by atoms with Gasteiger partial charge in [-0.25, -0.2) is 0 Å². The minimum Gasteiger partial charge on any atom is -0.358 e. The number of halogens is 4. The van der Waals surface area contributed by atoms with Crippen molar-refractivity contribution in [3.8, 4) is 0 Å². The van der Waals surface area contributed by atoms with Gasteiger partial charge < -0.3 is 10.1 Å². The fourth-order valence-corrected chi connectivity index (χ4v) is 1.11. The van der Waals surface area contributed by atoms with E-state index >= 15 is 0 Å². The number of hydrogen-bond acceptors (Lipinski definition) is 3. The summed E-state index contributed by atoms with van der Waals surface area (Å²) in [6.07, 6.45) is -3.28. The molecule has 0 N–H and O–H groups in total. The maximum Gasteiger partial charge on any atom is 0.403 e. The molecule has 1 aromatic rings. The van der Waals surface area contributed by atoms with E-state index in [4.69, 9.17) is 0 Å². The van der Waals surface area contributed by atoms with E-state index in [1.807, 2.05) is 0 Å². The Morgan fingerprint density at radius 3 is 2.67 bits per heavy atom. The molecule has 0 saturated heterocycles. The molecule has 1 atom stereocenters. The second-order valence-electron chi connectivity index (χ2n) is 2.66. The average molecular weight is 288 g/mol. The van der Waals surface area contributed by atoms with Gasteiger partial charge in [-0.1, -0.05) is 15.9 Å². The third-order valence-corrected chi connectivity index (χ3v) is 2.32. The van der Waals surface area contributed by atoms with E-state index in [1.165, 1.54) is 0 Å². The lowest BCUT2D eigenvalue weighted by Crippen LogP contribution is -2.27. The normalized spacial score (nSPS) is 13.9. The molecule has 9 heteroatoms. The topological polar surface area (TPSA) is 61.0 Å². The molecular weight excluding hydrogens is 283 g/mol. The predicted octanol–water partition coefficient (Wildman–Crippen LogP) is 2.12. The van der Waals surface area contributed by atoms with Crippen LogP contribution < -0.4 is 0 Å². The van der Waals surface area contributed by atoms with Crippen LogP contribution in [0.5, 0.6) is 0 Å². The first-order chi connectivity index (χ1) is 6.80. The highest BCUT2D eigenvalue weighted by atomic mass is 79.9. The van der Waals surface area contributed by atoms with Crippen molar-refractivity contribution in [3.63, 3.8) is 0 Å². The van der Waals surface area contributed by atoms with Crippen LogP contribution in [-0.2, 0) is 6.54 Å². The Morgan fingerprint density at radius 1 is 1.67 bits per heavy atom. The molecule has 0 aliphatic rings. The molecule has 0 bridgehead atoms. The van der Waals surface area contributed by atoms with Crippen LogP contribution in [0.2, 0.25) is 0 Å². The lowest BCUT2D eigenvalue weighted by Gasteiger charge is -2.11. The molecule has 0 saturated carbocycles. The van der Waals surface area contributed by atoms with Crippen molar-refractivity contribution in [2.24, 2.45) is 0 Å². The van der Waals surface area contributed by atoms with Crippen molar-refractivity contribution in [2.75, 3.05) is 0 Å². The van der Waals surface area contributed by atoms with Crippen LogP contribution in [-0.4, -0.2) is 25.7 Å². The van der Waals surface area contributed by atoms with E-state index in [0.29, 0.717) is 0 Å². The summed E-state index contributed by atoms with van der Waals surface area (Å²) < 4.78 is 37.1. The smallest absolute Gasteiger partial charge is 0.358 e. The molecule has 0 radical (unpaired) electrons. The Kier molecular flexibility index (Phi) is 3.32. The van der Waals surface area contributed by atoms with E-state index in [2.05, 4.69) is 21.0 Å². The van der Waals surface area contributed by atoms with E-state index in [-0.39, 0.29) is 0 Å². The van der Waals surface area contributed by atoms with Crippen molar-refractivity contribution in [2.45, 2.75) is 17.5 Å². The third-order valence-electron chi connectivity index (χ3n) is 1.52. The van der Waals surface area contributed by atoms with Gasteiger partial charge in [0.05, 0.1) is 23.9 Å². The molecule has 0 aliphatic carbocycles. The van der Waals surface area contributed by atoms with Crippen molar-refractivity contribution in [1.29, 1.82) is 0 Å². The van der Waals surface area contributed by atoms with Crippen molar-refractivity contribution in [3.05, 3.63) is 22.4 Å². The average Bonchev–Trinajstić information content (AvgIpc) is 2.50. The Balaban J connectivity index is 2.69. The van der Waals surface area contributed by atoms with Gasteiger partial charge >= 0.3 is 12.0 Å².